The zero-order valence-electron chi connectivity index (χ0n) is 7.45. The fourth-order valence-corrected chi connectivity index (χ4v) is 0.910. The van der Waals surface area contributed by atoms with Crippen molar-refractivity contribution in [1.29, 1.82) is 0 Å². The third-order valence-corrected chi connectivity index (χ3v) is 1.38. The van der Waals surface area contributed by atoms with Crippen molar-refractivity contribution in [2.24, 2.45) is 5.73 Å². The van der Waals surface area contributed by atoms with E-state index in [0.29, 0.717) is 6.42 Å². The molecule has 1 fully saturated rings. The maximum Gasteiger partial charge on any atom is 0.254 e. The van der Waals surface area contributed by atoms with Gasteiger partial charge in [0.05, 0.1) is 14.1 Å². The van der Waals surface area contributed by atoms with Gasteiger partial charge in [0.25, 0.3) is 5.17 Å². The molecule has 0 aliphatic carbocycles. The molecule has 0 aromatic rings. The zero-order valence-corrected chi connectivity index (χ0v) is 6.26. The van der Waals surface area contributed by atoms with Gasteiger partial charge in [0.15, 0.2) is 0 Å². The van der Waals surface area contributed by atoms with Crippen LogP contribution in [0.4, 0.5) is 0 Å². The minimum Gasteiger partial charge on any atom is -0.465 e. The molecule has 4 heteroatoms. The van der Waals surface area contributed by atoms with E-state index in [2.05, 4.69) is 12.2 Å². The monoisotopic (exact) mass is 164 g/mol. The molecular formula is C6H11NO2S. The summed E-state index contributed by atoms with van der Waals surface area (Å²) in [7, 11) is 0. The van der Waals surface area contributed by atoms with Crippen molar-refractivity contribution in [3.8, 4) is 0 Å². The third-order valence-electron chi connectivity index (χ3n) is 1.28. The minimum absolute atomic E-state index is 0.0452. The Bertz CT molecular complexity index is 181. The summed E-state index contributed by atoms with van der Waals surface area (Å²) in [6, 6.07) is 0. The van der Waals surface area contributed by atoms with Gasteiger partial charge in [-0.1, -0.05) is 0 Å². The van der Waals surface area contributed by atoms with E-state index in [0.717, 1.165) is 0 Å². The van der Waals surface area contributed by atoms with Gasteiger partial charge in [-0.25, -0.2) is 0 Å². The van der Waals surface area contributed by atoms with Crippen LogP contribution >= 0.6 is 12.2 Å². The molecule has 3 atom stereocenters. The fourth-order valence-electron chi connectivity index (χ4n) is 0.787. The van der Waals surface area contributed by atoms with Crippen LogP contribution < -0.4 is 5.73 Å². The molecule has 58 valence electrons. The predicted octanol–water partition coefficient (Wildman–Crippen LogP) is 0.424. The van der Waals surface area contributed by atoms with Crippen molar-refractivity contribution in [3.05, 3.63) is 0 Å². The first-order valence-electron chi connectivity index (χ1n) is 4.25. The first-order chi connectivity index (χ1) is 5.63. The molecule has 0 bridgehead atoms. The first-order valence-corrected chi connectivity index (χ1v) is 3.37. The molecule has 0 spiro atoms. The second-order valence-corrected chi connectivity index (χ2v) is 2.45. The lowest BCUT2D eigenvalue weighted by molar-refractivity contribution is 0.0629. The van der Waals surface area contributed by atoms with Crippen LogP contribution in [0.25, 0.3) is 0 Å². The van der Waals surface area contributed by atoms with Gasteiger partial charge >= 0.3 is 0 Å². The summed E-state index contributed by atoms with van der Waals surface area (Å²) in [5, 5.41) is -0.0452. The highest BCUT2D eigenvalue weighted by Crippen LogP contribution is 2.15. The van der Waals surface area contributed by atoms with Gasteiger partial charge in [0, 0.05) is 7.79 Å². The summed E-state index contributed by atoms with van der Waals surface area (Å²) >= 11 is 4.55. The summed E-state index contributed by atoms with van der Waals surface area (Å²) in [5.74, 6) is 0. The van der Waals surface area contributed by atoms with Crippen molar-refractivity contribution < 1.29 is 12.2 Å². The van der Waals surface area contributed by atoms with Gasteiger partial charge in [-0.3, -0.25) is 0 Å². The molecule has 0 amide bonds. The molecule has 0 unspecified atom stereocenters. The fraction of sp³-hybridized carbons (Fsp3) is 0.833. The molecule has 1 rings (SSSR count). The number of hydrogen-bond donors (Lipinski definition) is 1. The maximum atomic E-state index is 7.27. The van der Waals surface area contributed by atoms with Crippen LogP contribution in [0.2, 0.25) is 0 Å². The van der Waals surface area contributed by atoms with E-state index in [-0.39, 0.29) is 24.3 Å². The molecule has 2 N–H and O–H groups in total. The van der Waals surface area contributed by atoms with Crippen molar-refractivity contribution >= 4 is 17.4 Å². The molecular weight excluding hydrogens is 150 g/mol. The molecule has 0 saturated carbocycles. The summed E-state index contributed by atoms with van der Waals surface area (Å²) in [4.78, 5) is 0. The molecule has 3 nitrogen and oxygen atoms in total. The highest BCUT2D eigenvalue weighted by molar-refractivity contribution is 7.80. The van der Waals surface area contributed by atoms with E-state index in [1.807, 2.05) is 0 Å². The number of rotatable bonds is 1. The molecule has 1 aliphatic heterocycles. The maximum absolute atomic E-state index is 7.27. The van der Waals surface area contributed by atoms with Crippen LogP contribution in [0.1, 0.15) is 16.1 Å². The standard InChI is InChI=1S/C6H11NO2S/c1-4-5(2-3-8-4)9-6(7)10/h4-5H,2-3H2,1H3,(H2,7,10)/t4-,5-/m1/s1/i1D,3T/t3-,4-,5-. The topological polar surface area (TPSA) is 44.5 Å². The first kappa shape index (κ1) is 5.32. The number of nitrogens with two attached hydrogens (primary N) is 1. The molecule has 1 aliphatic rings. The normalized spacial score (nSPS) is 42.2. The van der Waals surface area contributed by atoms with Crippen LogP contribution in [0.3, 0.4) is 0 Å². The SMILES string of the molecule is [2H]C[C@H]1O[C@H]([3H])C[C@H]1OC(N)=S. The molecule has 0 radical (unpaired) electrons. The van der Waals surface area contributed by atoms with E-state index in [1.165, 1.54) is 0 Å². The highest BCUT2D eigenvalue weighted by atomic mass is 32.1. The Morgan fingerprint density at radius 3 is 3.60 bits per heavy atom. The van der Waals surface area contributed by atoms with Crippen LogP contribution in [0, 0.1) is 0 Å². The van der Waals surface area contributed by atoms with Crippen LogP contribution in [-0.4, -0.2) is 24.0 Å². The Hall–Kier alpha value is -0.350. The van der Waals surface area contributed by atoms with Gasteiger partial charge in [-0.15, -0.1) is 0 Å². The summed E-state index contributed by atoms with van der Waals surface area (Å²) < 4.78 is 24.5. The number of hydrogen-bond acceptors (Lipinski definition) is 3. The Kier molecular flexibility index (Phi) is 1.68. The lowest BCUT2D eigenvalue weighted by atomic mass is 10.2. The van der Waals surface area contributed by atoms with Crippen molar-refractivity contribution in [2.75, 3.05) is 6.58 Å². The van der Waals surface area contributed by atoms with E-state index in [4.69, 9.17) is 17.9 Å². The highest BCUT2D eigenvalue weighted by Gasteiger charge is 2.25. The summed E-state index contributed by atoms with van der Waals surface area (Å²) in [6.45, 7) is -0.539. The Labute approximate surface area is 68.3 Å². The molecule has 1 heterocycles. The second kappa shape index (κ2) is 3.16. The van der Waals surface area contributed by atoms with Crippen molar-refractivity contribution in [2.45, 2.75) is 25.5 Å². The van der Waals surface area contributed by atoms with Crippen LogP contribution in [0.5, 0.6) is 0 Å². The smallest absolute Gasteiger partial charge is 0.254 e. The largest absolute Gasteiger partial charge is 0.465 e. The predicted molar refractivity (Wildman–Crippen MR) is 41.7 cm³/mol. The summed E-state index contributed by atoms with van der Waals surface area (Å²) in [5.41, 5.74) is 5.17. The van der Waals surface area contributed by atoms with E-state index < -0.39 is 6.58 Å². The van der Waals surface area contributed by atoms with Crippen molar-refractivity contribution in [3.63, 3.8) is 0 Å². The quantitative estimate of drug-likeness (QED) is 0.571. The van der Waals surface area contributed by atoms with Crippen LogP contribution in [-0.2, 0) is 9.47 Å². The third kappa shape index (κ3) is 1.82. The number of thiocarbonyl (C=S) groups is 1. The summed E-state index contributed by atoms with van der Waals surface area (Å²) in [6.07, 6.45) is -0.252. The zero-order chi connectivity index (χ0) is 9.14. The Balaban J connectivity index is 2.46. The lowest BCUT2D eigenvalue weighted by Crippen LogP contribution is -2.27. The Morgan fingerprint density at radius 2 is 3.00 bits per heavy atom. The van der Waals surface area contributed by atoms with Gasteiger partial charge in [-0.05, 0) is 19.1 Å². The second-order valence-electron chi connectivity index (χ2n) is 2.05. The van der Waals surface area contributed by atoms with Crippen molar-refractivity contribution in [1.82, 2.24) is 0 Å². The average molecular weight is 164 g/mol. The van der Waals surface area contributed by atoms with Gasteiger partial charge < -0.3 is 15.2 Å². The van der Waals surface area contributed by atoms with Gasteiger partial charge in [0.1, 0.15) is 6.10 Å². The van der Waals surface area contributed by atoms with Crippen LogP contribution in [0.15, 0.2) is 0 Å². The average Bonchev–Trinajstić information content (AvgIpc) is 2.29. The van der Waals surface area contributed by atoms with Gasteiger partial charge in [0.2, 0.25) is 0 Å². The lowest BCUT2D eigenvalue weighted by Gasteiger charge is -2.14. The minimum atomic E-state index is -0.611. The van der Waals surface area contributed by atoms with E-state index >= 15 is 0 Å². The molecule has 0 aromatic heterocycles. The number of ether oxygens (including phenoxy) is 2. The van der Waals surface area contributed by atoms with E-state index in [1.54, 1.807) is 0 Å². The van der Waals surface area contributed by atoms with E-state index in [9.17, 15) is 0 Å². The van der Waals surface area contributed by atoms with Gasteiger partial charge in [-0.2, -0.15) is 0 Å². The molecule has 10 heavy (non-hydrogen) atoms. The Morgan fingerprint density at radius 1 is 2.20 bits per heavy atom. The molecule has 1 saturated heterocycles. The molecule has 0 aromatic carbocycles.